The van der Waals surface area contributed by atoms with E-state index in [0.29, 0.717) is 11.3 Å². The molecule has 0 bridgehead atoms. The summed E-state index contributed by atoms with van der Waals surface area (Å²) in [6, 6.07) is 0. The van der Waals surface area contributed by atoms with Gasteiger partial charge in [-0.05, 0) is 6.92 Å². The van der Waals surface area contributed by atoms with Crippen molar-refractivity contribution in [2.75, 3.05) is 18.5 Å². The largest absolute Gasteiger partial charge is 0.427 e. The first-order valence-electron chi connectivity index (χ1n) is 4.23. The third-order valence-corrected chi connectivity index (χ3v) is 2.79. The molecule has 86 valence electrons. The minimum atomic E-state index is -4.35. The molecular weight excluding hydrogens is 229 g/mol. The molecule has 0 aliphatic heterocycles. The zero-order valence-corrected chi connectivity index (χ0v) is 9.06. The number of halogens is 3. The quantitative estimate of drug-likeness (QED) is 0.877. The van der Waals surface area contributed by atoms with Crippen LogP contribution in [0.4, 0.5) is 18.3 Å². The fraction of sp³-hybridized carbons (Fsp3) is 0.625. The minimum absolute atomic E-state index is 0.253. The van der Waals surface area contributed by atoms with Crippen molar-refractivity contribution in [3.63, 3.8) is 0 Å². The Morgan fingerprint density at radius 1 is 1.60 bits per heavy atom. The number of thiazole rings is 1. The summed E-state index contributed by atoms with van der Waals surface area (Å²) in [6.45, 7) is 1.82. The fourth-order valence-corrected chi connectivity index (χ4v) is 1.80. The van der Waals surface area contributed by atoms with Crippen molar-refractivity contribution in [3.8, 4) is 0 Å². The van der Waals surface area contributed by atoms with E-state index in [2.05, 4.69) is 4.98 Å². The summed E-state index contributed by atoms with van der Waals surface area (Å²) in [6.07, 6.45) is -4.15. The zero-order valence-electron chi connectivity index (χ0n) is 8.25. The number of hydrogen-bond acceptors (Lipinski definition) is 4. The Balaban J connectivity index is 2.76. The molecule has 15 heavy (non-hydrogen) atoms. The fourth-order valence-electron chi connectivity index (χ4n) is 1.05. The van der Waals surface area contributed by atoms with Crippen LogP contribution >= 0.6 is 11.3 Å². The Morgan fingerprint density at radius 2 is 2.20 bits per heavy atom. The van der Waals surface area contributed by atoms with Crippen molar-refractivity contribution in [2.24, 2.45) is 0 Å². The maximum absolute atomic E-state index is 12.2. The number of alkyl halides is 3. The normalized spacial score (nSPS) is 14.0. The Kier molecular flexibility index (Phi) is 3.56. The average Bonchev–Trinajstić information content (AvgIpc) is 2.48. The van der Waals surface area contributed by atoms with Gasteiger partial charge in [0.2, 0.25) is 0 Å². The molecule has 1 rings (SSSR count). The first-order chi connectivity index (χ1) is 6.80. The topological polar surface area (TPSA) is 36.4 Å². The lowest BCUT2D eigenvalue weighted by molar-refractivity contribution is -0.134. The highest BCUT2D eigenvalue weighted by Gasteiger charge is 2.33. The molecule has 1 heterocycles. The number of hydrogen-bond donors (Lipinski definition) is 1. The smallest absolute Gasteiger partial charge is 0.392 e. The van der Waals surface area contributed by atoms with Crippen LogP contribution in [0.15, 0.2) is 6.20 Å². The first-order valence-corrected chi connectivity index (χ1v) is 5.04. The zero-order chi connectivity index (χ0) is 11.6. The Hall–Kier alpha value is -0.820. The van der Waals surface area contributed by atoms with E-state index in [0.717, 1.165) is 6.20 Å². The molecule has 3 nitrogen and oxygen atoms in total. The molecule has 0 spiro atoms. The standard InChI is InChI=1S/C8H11F3N2OS/c1-5(14)4-13(2)7-12-3-6(15-7)8(9,10)11/h3,5,14H,4H2,1-2H3. The third-order valence-electron chi connectivity index (χ3n) is 1.64. The number of aliphatic hydroxyl groups excluding tert-OH is 1. The van der Waals surface area contributed by atoms with Crippen molar-refractivity contribution in [3.05, 3.63) is 11.1 Å². The van der Waals surface area contributed by atoms with Crippen LogP contribution in [0.2, 0.25) is 0 Å². The summed E-state index contributed by atoms with van der Waals surface area (Å²) >= 11 is 0.569. The van der Waals surface area contributed by atoms with E-state index < -0.39 is 17.2 Å². The SMILES string of the molecule is CC(O)CN(C)c1ncc(C(F)(F)F)s1. The van der Waals surface area contributed by atoms with Crippen LogP contribution in [-0.2, 0) is 6.18 Å². The van der Waals surface area contributed by atoms with E-state index in [4.69, 9.17) is 5.11 Å². The van der Waals surface area contributed by atoms with E-state index >= 15 is 0 Å². The monoisotopic (exact) mass is 240 g/mol. The van der Waals surface area contributed by atoms with Gasteiger partial charge in [-0.1, -0.05) is 11.3 Å². The highest BCUT2D eigenvalue weighted by molar-refractivity contribution is 7.15. The predicted molar refractivity (Wildman–Crippen MR) is 52.1 cm³/mol. The van der Waals surface area contributed by atoms with E-state index in [1.165, 1.54) is 4.90 Å². The summed E-state index contributed by atoms with van der Waals surface area (Å²) in [5.41, 5.74) is 0. The number of aromatic nitrogens is 1. The molecule has 1 aromatic rings. The summed E-state index contributed by atoms with van der Waals surface area (Å²) < 4.78 is 36.7. The van der Waals surface area contributed by atoms with Crippen LogP contribution in [-0.4, -0.2) is 29.8 Å². The first kappa shape index (κ1) is 12.3. The summed E-state index contributed by atoms with van der Waals surface area (Å²) in [5, 5.41) is 9.32. The predicted octanol–water partition coefficient (Wildman–Crippen LogP) is 1.98. The highest BCUT2D eigenvalue weighted by Crippen LogP contribution is 2.35. The maximum atomic E-state index is 12.2. The van der Waals surface area contributed by atoms with Crippen LogP contribution in [0.1, 0.15) is 11.8 Å². The van der Waals surface area contributed by atoms with Gasteiger partial charge in [-0.3, -0.25) is 0 Å². The molecular formula is C8H11F3N2OS. The highest BCUT2D eigenvalue weighted by atomic mass is 32.1. The molecule has 7 heteroatoms. The van der Waals surface area contributed by atoms with Gasteiger partial charge in [0, 0.05) is 13.6 Å². The van der Waals surface area contributed by atoms with Gasteiger partial charge in [0.25, 0.3) is 0 Å². The lowest BCUT2D eigenvalue weighted by atomic mass is 10.4. The van der Waals surface area contributed by atoms with E-state index in [1.54, 1.807) is 14.0 Å². The van der Waals surface area contributed by atoms with Crippen molar-refractivity contribution < 1.29 is 18.3 Å². The van der Waals surface area contributed by atoms with E-state index in [1.807, 2.05) is 0 Å². The number of nitrogens with zero attached hydrogens (tertiary/aromatic N) is 2. The van der Waals surface area contributed by atoms with Gasteiger partial charge in [0.1, 0.15) is 4.88 Å². The Bertz CT molecular complexity index is 324. The second-order valence-electron chi connectivity index (χ2n) is 3.23. The van der Waals surface area contributed by atoms with Gasteiger partial charge >= 0.3 is 6.18 Å². The molecule has 0 radical (unpaired) electrons. The van der Waals surface area contributed by atoms with Gasteiger partial charge in [-0.2, -0.15) is 13.2 Å². The molecule has 1 N–H and O–H groups in total. The van der Waals surface area contributed by atoms with Gasteiger partial charge < -0.3 is 10.0 Å². The molecule has 0 saturated heterocycles. The molecule has 1 atom stereocenters. The van der Waals surface area contributed by atoms with Crippen molar-refractivity contribution in [2.45, 2.75) is 19.2 Å². The van der Waals surface area contributed by atoms with Crippen LogP contribution in [0.5, 0.6) is 0 Å². The van der Waals surface area contributed by atoms with Crippen LogP contribution in [0, 0.1) is 0 Å². The van der Waals surface area contributed by atoms with Crippen molar-refractivity contribution in [1.82, 2.24) is 4.98 Å². The second kappa shape index (κ2) is 4.36. The number of aliphatic hydroxyl groups is 1. The van der Waals surface area contributed by atoms with Crippen molar-refractivity contribution >= 4 is 16.5 Å². The molecule has 0 aromatic carbocycles. The summed E-state index contributed by atoms with van der Waals surface area (Å²) in [7, 11) is 1.59. The maximum Gasteiger partial charge on any atom is 0.427 e. The average molecular weight is 240 g/mol. The van der Waals surface area contributed by atoms with Crippen LogP contribution in [0.3, 0.4) is 0 Å². The Morgan fingerprint density at radius 3 is 2.60 bits per heavy atom. The third kappa shape index (κ3) is 3.35. The summed E-state index contributed by atoms with van der Waals surface area (Å²) in [4.78, 5) is 4.41. The lowest BCUT2D eigenvalue weighted by Crippen LogP contribution is -2.26. The van der Waals surface area contributed by atoms with Gasteiger partial charge in [0.05, 0.1) is 12.3 Å². The minimum Gasteiger partial charge on any atom is -0.392 e. The van der Waals surface area contributed by atoms with Crippen LogP contribution in [0.25, 0.3) is 0 Å². The molecule has 1 aromatic heterocycles. The van der Waals surface area contributed by atoms with Crippen LogP contribution < -0.4 is 4.90 Å². The molecule has 0 saturated carbocycles. The summed E-state index contributed by atoms with van der Waals surface area (Å²) in [5.74, 6) is 0. The Labute approximate surface area is 89.2 Å². The number of rotatable bonds is 3. The van der Waals surface area contributed by atoms with Gasteiger partial charge in [0.15, 0.2) is 5.13 Å². The molecule has 0 fully saturated rings. The number of likely N-dealkylation sites (N-methyl/N-ethyl adjacent to an activating group) is 1. The lowest BCUT2D eigenvalue weighted by Gasteiger charge is -2.16. The van der Waals surface area contributed by atoms with Gasteiger partial charge in [-0.15, -0.1) is 0 Å². The molecule has 0 aliphatic rings. The molecule has 1 unspecified atom stereocenters. The second-order valence-corrected chi connectivity index (χ2v) is 4.24. The van der Waals surface area contributed by atoms with Gasteiger partial charge in [-0.25, -0.2) is 4.98 Å². The van der Waals surface area contributed by atoms with E-state index in [-0.39, 0.29) is 11.7 Å². The van der Waals surface area contributed by atoms with E-state index in [9.17, 15) is 13.2 Å². The molecule has 0 amide bonds. The van der Waals surface area contributed by atoms with Crippen molar-refractivity contribution in [1.29, 1.82) is 0 Å². The molecule has 0 aliphatic carbocycles. The number of anilines is 1.